The van der Waals surface area contributed by atoms with Crippen LogP contribution in [-0.2, 0) is 0 Å². The fraction of sp³-hybridized carbons (Fsp3) is 0.182. The Kier molecular flexibility index (Phi) is 2.16. The van der Waals surface area contributed by atoms with Gasteiger partial charge in [0.25, 0.3) is 0 Å². The summed E-state index contributed by atoms with van der Waals surface area (Å²) >= 11 is 5.82. The number of hydrogen-bond donors (Lipinski definition) is 0. The highest BCUT2D eigenvalue weighted by Gasteiger charge is 2.06. The van der Waals surface area contributed by atoms with Crippen LogP contribution < -0.4 is 0 Å². The van der Waals surface area contributed by atoms with Crippen LogP contribution in [0.5, 0.6) is 0 Å². The molecule has 0 fully saturated rings. The van der Waals surface area contributed by atoms with Crippen LogP contribution in [0.4, 0.5) is 4.39 Å². The molecule has 1 heterocycles. The summed E-state index contributed by atoms with van der Waals surface area (Å²) < 4.78 is 13.4. The molecule has 0 spiro atoms. The number of pyridine rings is 1. The van der Waals surface area contributed by atoms with E-state index in [2.05, 4.69) is 4.98 Å². The van der Waals surface area contributed by atoms with Crippen molar-refractivity contribution in [2.24, 2.45) is 0 Å². The molecule has 2 aromatic rings. The molecule has 14 heavy (non-hydrogen) atoms. The molecule has 0 amide bonds. The monoisotopic (exact) mass is 209 g/mol. The first-order valence-corrected chi connectivity index (χ1v) is 4.69. The SMILES string of the molecule is Cc1cc(F)c2nc(Cl)c(C)cc2c1. The van der Waals surface area contributed by atoms with E-state index < -0.39 is 0 Å². The van der Waals surface area contributed by atoms with Gasteiger partial charge in [-0.15, -0.1) is 0 Å². The second kappa shape index (κ2) is 3.21. The molecule has 0 aliphatic heterocycles. The number of nitrogens with zero attached hydrogens (tertiary/aromatic N) is 1. The Balaban J connectivity index is 2.89. The van der Waals surface area contributed by atoms with Gasteiger partial charge in [0.2, 0.25) is 0 Å². The summed E-state index contributed by atoms with van der Waals surface area (Å²) in [5.74, 6) is -0.318. The molecule has 0 unspecified atom stereocenters. The zero-order valence-corrected chi connectivity index (χ0v) is 8.69. The number of aromatic nitrogens is 1. The topological polar surface area (TPSA) is 12.9 Å². The highest BCUT2D eigenvalue weighted by Crippen LogP contribution is 2.23. The van der Waals surface area contributed by atoms with Crippen LogP contribution in [0.15, 0.2) is 18.2 Å². The van der Waals surface area contributed by atoms with Gasteiger partial charge in [0, 0.05) is 5.39 Å². The molecule has 0 bridgehead atoms. The second-order valence-electron chi connectivity index (χ2n) is 3.41. The maximum atomic E-state index is 13.4. The van der Waals surface area contributed by atoms with Crippen LogP contribution in [-0.4, -0.2) is 4.98 Å². The van der Waals surface area contributed by atoms with E-state index in [9.17, 15) is 4.39 Å². The first-order chi connectivity index (χ1) is 6.58. The zero-order valence-electron chi connectivity index (χ0n) is 7.94. The first-order valence-electron chi connectivity index (χ1n) is 4.31. The Hall–Kier alpha value is -1.15. The molecule has 2 rings (SSSR count). The highest BCUT2D eigenvalue weighted by molar-refractivity contribution is 6.30. The molecule has 0 aliphatic carbocycles. The van der Waals surface area contributed by atoms with Crippen molar-refractivity contribution >= 4 is 22.5 Å². The predicted octanol–water partition coefficient (Wildman–Crippen LogP) is 3.64. The molecule has 0 aliphatic rings. The van der Waals surface area contributed by atoms with Crippen LogP contribution in [0.3, 0.4) is 0 Å². The summed E-state index contributed by atoms with van der Waals surface area (Å²) in [5, 5.41) is 1.16. The van der Waals surface area contributed by atoms with Crippen LogP contribution >= 0.6 is 11.6 Å². The first kappa shape index (κ1) is 9.41. The molecular formula is C11H9ClFN. The fourth-order valence-electron chi connectivity index (χ4n) is 1.47. The Labute approximate surface area is 86.5 Å². The van der Waals surface area contributed by atoms with Gasteiger partial charge >= 0.3 is 0 Å². The summed E-state index contributed by atoms with van der Waals surface area (Å²) in [7, 11) is 0. The molecule has 3 heteroatoms. The fourth-order valence-corrected chi connectivity index (χ4v) is 1.61. The normalized spacial score (nSPS) is 10.9. The van der Waals surface area contributed by atoms with Gasteiger partial charge in [0.15, 0.2) is 0 Å². The lowest BCUT2D eigenvalue weighted by Gasteiger charge is -2.03. The quantitative estimate of drug-likeness (QED) is 0.604. The van der Waals surface area contributed by atoms with Crippen molar-refractivity contribution in [3.63, 3.8) is 0 Å². The predicted molar refractivity (Wildman–Crippen MR) is 56.2 cm³/mol. The summed E-state index contributed by atoms with van der Waals surface area (Å²) in [6.45, 7) is 3.71. The number of hydrogen-bond acceptors (Lipinski definition) is 1. The van der Waals surface area contributed by atoms with Gasteiger partial charge in [0.05, 0.1) is 0 Å². The number of halogens is 2. The van der Waals surface area contributed by atoms with Crippen LogP contribution in [0, 0.1) is 19.7 Å². The lowest BCUT2D eigenvalue weighted by Crippen LogP contribution is -1.89. The van der Waals surface area contributed by atoms with Gasteiger partial charge < -0.3 is 0 Å². The Morgan fingerprint density at radius 2 is 1.93 bits per heavy atom. The minimum Gasteiger partial charge on any atom is -0.233 e. The van der Waals surface area contributed by atoms with E-state index >= 15 is 0 Å². The van der Waals surface area contributed by atoms with Gasteiger partial charge in [-0.2, -0.15) is 0 Å². The van der Waals surface area contributed by atoms with E-state index in [1.54, 1.807) is 0 Å². The molecule has 1 nitrogen and oxygen atoms in total. The maximum absolute atomic E-state index is 13.4. The standard InChI is InChI=1S/C11H9ClFN/c1-6-3-8-5-7(2)11(12)14-10(8)9(13)4-6/h3-5H,1-2H3. The smallest absolute Gasteiger partial charge is 0.149 e. The van der Waals surface area contributed by atoms with Crippen molar-refractivity contribution in [3.8, 4) is 0 Å². The van der Waals surface area contributed by atoms with E-state index in [1.165, 1.54) is 6.07 Å². The average Bonchev–Trinajstić information content (AvgIpc) is 2.08. The molecular weight excluding hydrogens is 201 g/mol. The summed E-state index contributed by atoms with van der Waals surface area (Å²) in [5.41, 5.74) is 2.09. The van der Waals surface area contributed by atoms with Crippen molar-refractivity contribution in [2.75, 3.05) is 0 Å². The van der Waals surface area contributed by atoms with E-state index in [1.807, 2.05) is 26.0 Å². The molecule has 72 valence electrons. The van der Waals surface area contributed by atoms with Crippen molar-refractivity contribution in [1.29, 1.82) is 0 Å². The van der Waals surface area contributed by atoms with Crippen LogP contribution in [0.2, 0.25) is 5.15 Å². The van der Waals surface area contributed by atoms with Gasteiger partial charge in [-0.3, -0.25) is 0 Å². The highest BCUT2D eigenvalue weighted by atomic mass is 35.5. The third-order valence-electron chi connectivity index (χ3n) is 2.14. The summed E-state index contributed by atoms with van der Waals surface area (Å²) in [4.78, 5) is 4.01. The van der Waals surface area contributed by atoms with E-state index in [4.69, 9.17) is 11.6 Å². The Morgan fingerprint density at radius 3 is 2.64 bits per heavy atom. The molecule has 1 aromatic carbocycles. The minimum absolute atomic E-state index is 0.318. The molecule has 0 N–H and O–H groups in total. The van der Waals surface area contributed by atoms with Crippen LogP contribution in [0.25, 0.3) is 10.9 Å². The van der Waals surface area contributed by atoms with Crippen LogP contribution in [0.1, 0.15) is 11.1 Å². The molecule has 0 atom stereocenters. The van der Waals surface area contributed by atoms with Crippen molar-refractivity contribution < 1.29 is 4.39 Å². The van der Waals surface area contributed by atoms with Crippen molar-refractivity contribution in [1.82, 2.24) is 4.98 Å². The lowest BCUT2D eigenvalue weighted by molar-refractivity contribution is 0.635. The molecule has 0 saturated carbocycles. The van der Waals surface area contributed by atoms with Crippen molar-refractivity contribution in [2.45, 2.75) is 13.8 Å². The number of fused-ring (bicyclic) bond motifs is 1. The maximum Gasteiger partial charge on any atom is 0.149 e. The number of benzene rings is 1. The molecule has 0 radical (unpaired) electrons. The van der Waals surface area contributed by atoms with Gasteiger partial charge in [0.1, 0.15) is 16.5 Å². The number of rotatable bonds is 0. The zero-order chi connectivity index (χ0) is 10.3. The molecule has 1 aromatic heterocycles. The lowest BCUT2D eigenvalue weighted by atomic mass is 10.1. The summed E-state index contributed by atoms with van der Waals surface area (Å²) in [6, 6.07) is 5.20. The van der Waals surface area contributed by atoms with Crippen molar-refractivity contribution in [3.05, 3.63) is 40.3 Å². The largest absolute Gasteiger partial charge is 0.233 e. The van der Waals surface area contributed by atoms with E-state index in [-0.39, 0.29) is 5.82 Å². The van der Waals surface area contributed by atoms with E-state index in [0.717, 1.165) is 16.5 Å². The Bertz CT molecular complexity index is 508. The van der Waals surface area contributed by atoms with Gasteiger partial charge in [-0.25, -0.2) is 9.37 Å². The van der Waals surface area contributed by atoms with Gasteiger partial charge in [-0.05, 0) is 43.2 Å². The third-order valence-corrected chi connectivity index (χ3v) is 2.53. The summed E-state index contributed by atoms with van der Waals surface area (Å²) in [6.07, 6.45) is 0. The molecule has 0 saturated heterocycles. The van der Waals surface area contributed by atoms with E-state index in [0.29, 0.717) is 10.7 Å². The Morgan fingerprint density at radius 1 is 1.21 bits per heavy atom. The average molecular weight is 210 g/mol. The van der Waals surface area contributed by atoms with Gasteiger partial charge in [-0.1, -0.05) is 11.6 Å². The second-order valence-corrected chi connectivity index (χ2v) is 3.77. The number of aryl methyl sites for hydroxylation is 2. The third kappa shape index (κ3) is 1.46. The minimum atomic E-state index is -0.318.